The Morgan fingerprint density at radius 3 is 2.62 bits per heavy atom. The molecule has 1 heterocycles. The van der Waals surface area contributed by atoms with Crippen LogP contribution in [0.2, 0.25) is 0 Å². The molecule has 1 aromatic carbocycles. The second-order valence-corrected chi connectivity index (χ2v) is 5.26. The van der Waals surface area contributed by atoms with Crippen LogP contribution < -0.4 is 14.8 Å². The van der Waals surface area contributed by atoms with Crippen molar-refractivity contribution in [3.8, 4) is 11.5 Å². The highest BCUT2D eigenvalue weighted by Gasteiger charge is 2.07. The zero-order valence-electron chi connectivity index (χ0n) is 13.1. The van der Waals surface area contributed by atoms with Gasteiger partial charge in [0.1, 0.15) is 5.82 Å². The standard InChI is InChI=1S/C16H23N3O2/c1-11(2)17-9-13-10-18-16(19-13)8-12-5-6-14(20-3)15(7-12)21-4/h5-7,10-11,17H,8-9H2,1-4H3,(H,18,19). The summed E-state index contributed by atoms with van der Waals surface area (Å²) in [6.45, 7) is 5.05. The third kappa shape index (κ3) is 4.23. The maximum Gasteiger partial charge on any atom is 0.161 e. The first-order valence-electron chi connectivity index (χ1n) is 7.09. The predicted molar refractivity (Wildman–Crippen MR) is 82.9 cm³/mol. The van der Waals surface area contributed by atoms with Crippen molar-refractivity contribution in [1.29, 1.82) is 0 Å². The van der Waals surface area contributed by atoms with E-state index < -0.39 is 0 Å². The fourth-order valence-corrected chi connectivity index (χ4v) is 2.08. The number of nitrogens with zero attached hydrogens (tertiary/aromatic N) is 1. The number of H-pyrrole nitrogens is 1. The summed E-state index contributed by atoms with van der Waals surface area (Å²) < 4.78 is 10.6. The number of benzene rings is 1. The van der Waals surface area contributed by atoms with Crippen LogP contribution in [-0.2, 0) is 13.0 Å². The smallest absolute Gasteiger partial charge is 0.161 e. The van der Waals surface area contributed by atoms with E-state index >= 15 is 0 Å². The van der Waals surface area contributed by atoms with Crippen LogP contribution in [0.25, 0.3) is 0 Å². The van der Waals surface area contributed by atoms with Crippen LogP contribution in [-0.4, -0.2) is 30.2 Å². The summed E-state index contributed by atoms with van der Waals surface area (Å²) in [4.78, 5) is 7.76. The lowest BCUT2D eigenvalue weighted by atomic mass is 10.1. The number of nitrogens with one attached hydrogen (secondary N) is 2. The first-order valence-corrected chi connectivity index (χ1v) is 7.09. The molecule has 0 bridgehead atoms. The molecule has 2 rings (SSSR count). The Bertz CT molecular complexity index is 579. The zero-order chi connectivity index (χ0) is 15.2. The monoisotopic (exact) mass is 289 g/mol. The van der Waals surface area contributed by atoms with Gasteiger partial charge in [-0.2, -0.15) is 0 Å². The van der Waals surface area contributed by atoms with Crippen LogP contribution >= 0.6 is 0 Å². The van der Waals surface area contributed by atoms with Crippen molar-refractivity contribution in [1.82, 2.24) is 15.3 Å². The van der Waals surface area contributed by atoms with Gasteiger partial charge in [0.2, 0.25) is 0 Å². The van der Waals surface area contributed by atoms with Crippen molar-refractivity contribution in [2.75, 3.05) is 14.2 Å². The van der Waals surface area contributed by atoms with Gasteiger partial charge in [0.25, 0.3) is 0 Å². The summed E-state index contributed by atoms with van der Waals surface area (Å²) in [5, 5.41) is 3.36. The van der Waals surface area contributed by atoms with Gasteiger partial charge in [-0.15, -0.1) is 0 Å². The third-order valence-electron chi connectivity index (χ3n) is 3.20. The van der Waals surface area contributed by atoms with Crippen LogP contribution in [0.15, 0.2) is 24.4 Å². The van der Waals surface area contributed by atoms with Crippen LogP contribution in [0.1, 0.15) is 30.9 Å². The molecule has 2 N–H and O–H groups in total. The van der Waals surface area contributed by atoms with Crippen molar-refractivity contribution >= 4 is 0 Å². The molecule has 0 fully saturated rings. The van der Waals surface area contributed by atoms with Gasteiger partial charge >= 0.3 is 0 Å². The quantitative estimate of drug-likeness (QED) is 0.822. The molecule has 0 saturated carbocycles. The van der Waals surface area contributed by atoms with Crippen LogP contribution in [0.4, 0.5) is 0 Å². The molecule has 0 radical (unpaired) electrons. The number of imidazole rings is 1. The van der Waals surface area contributed by atoms with E-state index in [9.17, 15) is 0 Å². The zero-order valence-corrected chi connectivity index (χ0v) is 13.1. The minimum atomic E-state index is 0.461. The van der Waals surface area contributed by atoms with Crippen LogP contribution in [0, 0.1) is 0 Å². The normalized spacial score (nSPS) is 10.9. The first-order chi connectivity index (χ1) is 10.1. The van der Waals surface area contributed by atoms with Gasteiger partial charge in [0.15, 0.2) is 11.5 Å². The average Bonchev–Trinajstić information content (AvgIpc) is 2.92. The molecule has 0 unspecified atom stereocenters. The van der Waals surface area contributed by atoms with Crippen molar-refractivity contribution < 1.29 is 9.47 Å². The number of aromatic amines is 1. The minimum absolute atomic E-state index is 0.461. The summed E-state index contributed by atoms with van der Waals surface area (Å²) >= 11 is 0. The first kappa shape index (κ1) is 15.4. The number of hydrogen-bond acceptors (Lipinski definition) is 4. The average molecular weight is 289 g/mol. The topological polar surface area (TPSA) is 59.2 Å². The van der Waals surface area contributed by atoms with E-state index in [4.69, 9.17) is 9.47 Å². The molecule has 0 atom stereocenters. The molecule has 5 heteroatoms. The molecular weight excluding hydrogens is 266 g/mol. The number of methoxy groups -OCH3 is 2. The second kappa shape index (κ2) is 7.13. The van der Waals surface area contributed by atoms with E-state index in [-0.39, 0.29) is 0 Å². The second-order valence-electron chi connectivity index (χ2n) is 5.26. The molecule has 0 saturated heterocycles. The maximum atomic E-state index is 5.32. The molecule has 114 valence electrons. The molecule has 1 aromatic heterocycles. The molecular formula is C16H23N3O2. The van der Waals surface area contributed by atoms with Gasteiger partial charge in [-0.1, -0.05) is 19.9 Å². The number of hydrogen-bond donors (Lipinski definition) is 2. The van der Waals surface area contributed by atoms with Gasteiger partial charge in [-0.25, -0.2) is 4.98 Å². The van der Waals surface area contributed by atoms with Gasteiger partial charge in [-0.3, -0.25) is 0 Å². The molecule has 0 spiro atoms. The molecule has 0 aliphatic rings. The van der Waals surface area contributed by atoms with Crippen molar-refractivity contribution in [3.63, 3.8) is 0 Å². The lowest BCUT2D eigenvalue weighted by molar-refractivity contribution is 0.354. The van der Waals surface area contributed by atoms with Gasteiger partial charge in [0, 0.05) is 30.9 Å². The van der Waals surface area contributed by atoms with E-state index in [0.717, 1.165) is 41.5 Å². The summed E-state index contributed by atoms with van der Waals surface area (Å²) in [5.41, 5.74) is 2.23. The summed E-state index contributed by atoms with van der Waals surface area (Å²) in [5.74, 6) is 2.42. The highest BCUT2D eigenvalue weighted by molar-refractivity contribution is 5.43. The van der Waals surface area contributed by atoms with Gasteiger partial charge in [0.05, 0.1) is 14.2 Å². The van der Waals surface area contributed by atoms with Crippen molar-refractivity contribution in [2.24, 2.45) is 0 Å². The largest absolute Gasteiger partial charge is 0.493 e. The van der Waals surface area contributed by atoms with E-state index in [1.54, 1.807) is 14.2 Å². The number of ether oxygens (including phenoxy) is 2. The van der Waals surface area contributed by atoms with E-state index in [2.05, 4.69) is 29.1 Å². The highest BCUT2D eigenvalue weighted by atomic mass is 16.5. The van der Waals surface area contributed by atoms with E-state index in [1.807, 2.05) is 24.4 Å². The minimum Gasteiger partial charge on any atom is -0.493 e. The Kier molecular flexibility index (Phi) is 5.22. The Morgan fingerprint density at radius 1 is 1.19 bits per heavy atom. The Hall–Kier alpha value is -2.01. The maximum absolute atomic E-state index is 5.32. The van der Waals surface area contributed by atoms with Crippen LogP contribution in [0.5, 0.6) is 11.5 Å². The molecule has 0 amide bonds. The lowest BCUT2D eigenvalue weighted by Crippen LogP contribution is -2.21. The molecule has 0 aliphatic heterocycles. The number of rotatable bonds is 7. The Morgan fingerprint density at radius 2 is 1.95 bits per heavy atom. The SMILES string of the molecule is COc1ccc(Cc2ncc(CNC(C)C)[nH]2)cc1OC. The predicted octanol–water partition coefficient (Wildman–Crippen LogP) is 2.52. The molecule has 5 nitrogen and oxygen atoms in total. The number of aromatic nitrogens is 2. The van der Waals surface area contributed by atoms with Crippen molar-refractivity contribution in [2.45, 2.75) is 32.9 Å². The summed E-state index contributed by atoms with van der Waals surface area (Å²) in [6.07, 6.45) is 2.62. The Balaban J connectivity index is 2.04. The lowest BCUT2D eigenvalue weighted by Gasteiger charge is -2.09. The summed E-state index contributed by atoms with van der Waals surface area (Å²) in [6, 6.07) is 6.38. The van der Waals surface area contributed by atoms with Crippen LogP contribution in [0.3, 0.4) is 0 Å². The molecule has 2 aromatic rings. The highest BCUT2D eigenvalue weighted by Crippen LogP contribution is 2.28. The van der Waals surface area contributed by atoms with E-state index in [1.165, 1.54) is 0 Å². The molecule has 21 heavy (non-hydrogen) atoms. The molecule has 0 aliphatic carbocycles. The summed E-state index contributed by atoms with van der Waals surface area (Å²) in [7, 11) is 3.28. The fraction of sp³-hybridized carbons (Fsp3) is 0.438. The van der Waals surface area contributed by atoms with Gasteiger partial charge in [-0.05, 0) is 17.7 Å². The third-order valence-corrected chi connectivity index (χ3v) is 3.20. The van der Waals surface area contributed by atoms with Crippen molar-refractivity contribution in [3.05, 3.63) is 41.5 Å². The van der Waals surface area contributed by atoms with Gasteiger partial charge < -0.3 is 19.8 Å². The van der Waals surface area contributed by atoms with E-state index in [0.29, 0.717) is 6.04 Å². The Labute approximate surface area is 125 Å². The fourth-order valence-electron chi connectivity index (χ4n) is 2.08.